The molecule has 0 aliphatic carbocycles. The third-order valence-electron chi connectivity index (χ3n) is 2.61. The van der Waals surface area contributed by atoms with Crippen molar-refractivity contribution in [2.75, 3.05) is 17.6 Å². The van der Waals surface area contributed by atoms with Crippen LogP contribution in [0, 0.1) is 0 Å². The van der Waals surface area contributed by atoms with Crippen LogP contribution < -0.4 is 11.1 Å². The van der Waals surface area contributed by atoms with E-state index in [1.165, 1.54) is 6.39 Å². The minimum Gasteiger partial charge on any atom is -0.395 e. The number of benzene rings is 1. The van der Waals surface area contributed by atoms with Crippen LogP contribution in [-0.4, -0.2) is 21.7 Å². The van der Waals surface area contributed by atoms with Crippen molar-refractivity contribution in [1.82, 2.24) is 15.1 Å². The number of aromatic nitrogens is 3. The molecule has 18 heavy (non-hydrogen) atoms. The summed E-state index contributed by atoms with van der Waals surface area (Å²) in [6.07, 6.45) is 2.01. The molecule has 2 aromatic heterocycles. The van der Waals surface area contributed by atoms with Gasteiger partial charge < -0.3 is 15.6 Å². The van der Waals surface area contributed by atoms with E-state index in [2.05, 4.69) is 25.0 Å². The Morgan fingerprint density at radius 1 is 1.33 bits per heavy atom. The topological polar surface area (TPSA) is 89.9 Å². The predicted octanol–water partition coefficient (Wildman–Crippen LogP) is 1.92. The molecule has 3 aromatic rings. The first-order valence-electron chi connectivity index (χ1n) is 5.45. The van der Waals surface area contributed by atoms with Gasteiger partial charge in [0.2, 0.25) is 6.39 Å². The molecule has 0 fully saturated rings. The molecule has 0 aliphatic heterocycles. The number of fused-ring (bicyclic) bond motifs is 1. The fraction of sp³-hybridized carbons (Fsp3) is 0.182. The summed E-state index contributed by atoms with van der Waals surface area (Å²) >= 11 is 1.58. The maximum atomic E-state index is 6.05. The normalized spacial score (nSPS) is 10.9. The summed E-state index contributed by atoms with van der Waals surface area (Å²) in [5, 5.41) is 6.99. The maximum absolute atomic E-state index is 6.05. The van der Waals surface area contributed by atoms with Gasteiger partial charge in [0.15, 0.2) is 5.82 Å². The van der Waals surface area contributed by atoms with Crippen molar-refractivity contribution in [3.63, 3.8) is 0 Å². The highest BCUT2D eigenvalue weighted by atomic mass is 32.1. The average Bonchev–Trinajstić information content (AvgIpc) is 3.02. The number of hydrogen-bond donors (Lipinski definition) is 2. The van der Waals surface area contributed by atoms with Gasteiger partial charge in [0.1, 0.15) is 5.52 Å². The molecule has 3 rings (SSSR count). The van der Waals surface area contributed by atoms with E-state index in [1.54, 1.807) is 16.8 Å². The molecular weight excluding hydrogens is 250 g/mol. The Hall–Kier alpha value is -2.15. The minimum absolute atomic E-state index is 0.677. The number of thiazole rings is 1. The molecule has 0 radical (unpaired) electrons. The molecule has 2 heterocycles. The van der Waals surface area contributed by atoms with Crippen molar-refractivity contribution in [2.45, 2.75) is 6.42 Å². The number of nitrogens with one attached hydrogen (secondary N) is 1. The van der Waals surface area contributed by atoms with Gasteiger partial charge in [-0.05, 0) is 12.1 Å². The van der Waals surface area contributed by atoms with Gasteiger partial charge in [0, 0.05) is 13.0 Å². The molecule has 0 saturated heterocycles. The van der Waals surface area contributed by atoms with E-state index >= 15 is 0 Å². The van der Waals surface area contributed by atoms with E-state index in [4.69, 9.17) is 5.73 Å². The zero-order chi connectivity index (χ0) is 12.4. The van der Waals surface area contributed by atoms with Crippen molar-refractivity contribution >= 4 is 32.9 Å². The summed E-state index contributed by atoms with van der Waals surface area (Å²) in [6.45, 7) is 0.694. The van der Waals surface area contributed by atoms with E-state index in [1.807, 2.05) is 12.1 Å². The van der Waals surface area contributed by atoms with E-state index in [-0.39, 0.29) is 0 Å². The van der Waals surface area contributed by atoms with Crippen LogP contribution in [0.25, 0.3) is 10.2 Å². The minimum atomic E-state index is 0.677. The van der Waals surface area contributed by atoms with Crippen LogP contribution in [0.15, 0.2) is 28.6 Å². The lowest BCUT2D eigenvalue weighted by atomic mass is 10.2. The second kappa shape index (κ2) is 4.61. The molecule has 92 valence electrons. The van der Waals surface area contributed by atoms with Gasteiger partial charge in [0.05, 0.1) is 21.6 Å². The highest BCUT2D eigenvalue weighted by Gasteiger charge is 2.06. The first kappa shape index (κ1) is 11.0. The van der Waals surface area contributed by atoms with Gasteiger partial charge in [0.25, 0.3) is 0 Å². The highest BCUT2D eigenvalue weighted by molar-refractivity contribution is 7.16. The van der Waals surface area contributed by atoms with Crippen molar-refractivity contribution in [2.24, 2.45) is 0 Å². The summed E-state index contributed by atoms with van der Waals surface area (Å²) in [5.74, 6) is 0.677. The van der Waals surface area contributed by atoms with Gasteiger partial charge in [-0.15, -0.1) is 11.3 Å². The summed E-state index contributed by atoms with van der Waals surface area (Å²) in [4.78, 5) is 8.20. The number of nitrogen functional groups attached to an aromatic ring is 1. The van der Waals surface area contributed by atoms with Gasteiger partial charge in [-0.25, -0.2) is 4.98 Å². The summed E-state index contributed by atoms with van der Waals surface area (Å²) in [5.41, 5.74) is 10.3. The molecule has 0 bridgehead atoms. The number of anilines is 2. The fourth-order valence-corrected chi connectivity index (χ4v) is 2.41. The van der Waals surface area contributed by atoms with Gasteiger partial charge in [-0.3, -0.25) is 0 Å². The number of rotatable bonds is 4. The molecule has 0 saturated carbocycles. The van der Waals surface area contributed by atoms with E-state index in [9.17, 15) is 0 Å². The molecule has 1 aromatic carbocycles. The first-order chi connectivity index (χ1) is 8.84. The Labute approximate surface area is 107 Å². The van der Waals surface area contributed by atoms with E-state index in [0.717, 1.165) is 15.9 Å². The van der Waals surface area contributed by atoms with Crippen molar-refractivity contribution in [3.8, 4) is 0 Å². The average molecular weight is 261 g/mol. The van der Waals surface area contributed by atoms with Crippen LogP contribution in [0.4, 0.5) is 11.4 Å². The van der Waals surface area contributed by atoms with Crippen LogP contribution in [-0.2, 0) is 6.42 Å². The third-order valence-corrected chi connectivity index (χ3v) is 3.41. The molecule has 0 atom stereocenters. The molecule has 7 heteroatoms. The Kier molecular flexibility index (Phi) is 2.81. The zero-order valence-corrected chi connectivity index (χ0v) is 10.3. The molecule has 3 N–H and O–H groups in total. The van der Waals surface area contributed by atoms with E-state index in [0.29, 0.717) is 24.5 Å². The molecule has 6 nitrogen and oxygen atoms in total. The Morgan fingerprint density at radius 2 is 2.28 bits per heavy atom. The SMILES string of the molecule is Nc1c(NCCc2ncon2)ccc2scnc12. The zero-order valence-electron chi connectivity index (χ0n) is 9.46. The largest absolute Gasteiger partial charge is 0.395 e. The van der Waals surface area contributed by atoms with Gasteiger partial charge >= 0.3 is 0 Å². The second-order valence-corrected chi connectivity index (χ2v) is 4.64. The van der Waals surface area contributed by atoms with Crippen molar-refractivity contribution in [3.05, 3.63) is 29.9 Å². The van der Waals surface area contributed by atoms with Gasteiger partial charge in [-0.2, -0.15) is 4.98 Å². The molecule has 0 aliphatic rings. The van der Waals surface area contributed by atoms with Crippen LogP contribution >= 0.6 is 11.3 Å². The quantitative estimate of drug-likeness (QED) is 0.697. The van der Waals surface area contributed by atoms with Gasteiger partial charge in [-0.1, -0.05) is 5.16 Å². The molecule has 0 spiro atoms. The Balaban J connectivity index is 1.72. The Morgan fingerprint density at radius 3 is 3.11 bits per heavy atom. The lowest BCUT2D eigenvalue weighted by Gasteiger charge is -2.08. The number of nitrogens with two attached hydrogens (primary N) is 1. The molecule has 0 amide bonds. The van der Waals surface area contributed by atoms with Crippen LogP contribution in [0.3, 0.4) is 0 Å². The second-order valence-electron chi connectivity index (χ2n) is 3.75. The third kappa shape index (κ3) is 2.00. The van der Waals surface area contributed by atoms with E-state index < -0.39 is 0 Å². The molecule has 0 unspecified atom stereocenters. The van der Waals surface area contributed by atoms with Crippen LogP contribution in [0.2, 0.25) is 0 Å². The van der Waals surface area contributed by atoms with Crippen LogP contribution in [0.1, 0.15) is 5.82 Å². The predicted molar refractivity (Wildman–Crippen MR) is 70.5 cm³/mol. The first-order valence-corrected chi connectivity index (χ1v) is 6.33. The lowest BCUT2D eigenvalue weighted by molar-refractivity contribution is 0.410. The number of nitrogens with zero attached hydrogens (tertiary/aromatic N) is 3. The lowest BCUT2D eigenvalue weighted by Crippen LogP contribution is -2.07. The monoisotopic (exact) mass is 261 g/mol. The summed E-state index contributed by atoms with van der Waals surface area (Å²) in [6, 6.07) is 3.98. The fourth-order valence-electron chi connectivity index (χ4n) is 1.72. The van der Waals surface area contributed by atoms with Crippen molar-refractivity contribution < 1.29 is 4.52 Å². The molecular formula is C11H11N5OS. The maximum Gasteiger partial charge on any atom is 0.213 e. The number of hydrogen-bond acceptors (Lipinski definition) is 7. The van der Waals surface area contributed by atoms with Crippen LogP contribution in [0.5, 0.6) is 0 Å². The smallest absolute Gasteiger partial charge is 0.213 e. The summed E-state index contributed by atoms with van der Waals surface area (Å²) in [7, 11) is 0. The highest BCUT2D eigenvalue weighted by Crippen LogP contribution is 2.29. The standard InChI is InChI=1S/C11H11N5OS/c12-10-7(1-2-8-11(10)15-6-18-8)13-4-3-9-14-5-17-16-9/h1-2,5-6,13H,3-4,12H2. The van der Waals surface area contributed by atoms with Crippen molar-refractivity contribution in [1.29, 1.82) is 0 Å². The summed E-state index contributed by atoms with van der Waals surface area (Å²) < 4.78 is 5.76. The Bertz CT molecular complexity index is 649.